The summed E-state index contributed by atoms with van der Waals surface area (Å²) >= 11 is 9.27. The zero-order chi connectivity index (χ0) is 11.2. The molecule has 14 heavy (non-hydrogen) atoms. The predicted molar refractivity (Wildman–Crippen MR) is 69.5 cm³/mol. The maximum Gasteiger partial charge on any atom is 0.244 e. The number of hydrogen-bond donors (Lipinski definition) is 1. The Morgan fingerprint density at radius 1 is 1.29 bits per heavy atom. The first-order valence-electron chi connectivity index (χ1n) is 4.89. The van der Waals surface area contributed by atoms with Gasteiger partial charge in [0, 0.05) is 0 Å². The summed E-state index contributed by atoms with van der Waals surface area (Å²) in [7, 11) is 0. The maximum absolute atomic E-state index is 5.43. The molecule has 0 N–H and O–H groups in total. The van der Waals surface area contributed by atoms with Gasteiger partial charge in [0.05, 0.1) is 13.2 Å². The molecule has 0 aromatic rings. The topological polar surface area (TPSA) is 18.5 Å². The van der Waals surface area contributed by atoms with E-state index in [-0.39, 0.29) is 0 Å². The van der Waals surface area contributed by atoms with Crippen LogP contribution in [0.5, 0.6) is 0 Å². The van der Waals surface area contributed by atoms with Gasteiger partial charge in [0.1, 0.15) is 0 Å². The second-order valence-electron chi connectivity index (χ2n) is 4.38. The first-order chi connectivity index (χ1) is 6.27. The summed E-state index contributed by atoms with van der Waals surface area (Å²) in [5, 5.41) is 0. The van der Waals surface area contributed by atoms with Gasteiger partial charge in [-0.25, -0.2) is 0 Å². The fraction of sp³-hybridized carbons (Fsp3) is 1.00. The molecular formula is C9H21O2PS2. The molecule has 1 atom stereocenters. The van der Waals surface area contributed by atoms with Gasteiger partial charge in [0.2, 0.25) is 5.69 Å². The summed E-state index contributed by atoms with van der Waals surface area (Å²) in [5.74, 6) is 0. The third kappa shape index (κ3) is 9.47. The molecule has 2 nitrogen and oxygen atoms in total. The van der Waals surface area contributed by atoms with Crippen molar-refractivity contribution in [2.75, 3.05) is 13.2 Å². The highest BCUT2D eigenvalue weighted by Gasteiger charge is 2.13. The van der Waals surface area contributed by atoms with Crippen molar-refractivity contribution >= 4 is 29.7 Å². The van der Waals surface area contributed by atoms with Crippen LogP contribution in [0.2, 0.25) is 0 Å². The van der Waals surface area contributed by atoms with E-state index >= 15 is 0 Å². The number of rotatable bonds is 6. The second kappa shape index (κ2) is 6.49. The minimum atomic E-state index is -2.25. The lowest BCUT2D eigenvalue weighted by Gasteiger charge is -2.19. The third-order valence-corrected chi connectivity index (χ3v) is 4.04. The normalized spacial score (nSPS) is 16.6. The van der Waals surface area contributed by atoms with E-state index in [0.717, 1.165) is 12.8 Å². The smallest absolute Gasteiger partial charge is 0.244 e. The predicted octanol–water partition coefficient (Wildman–Crippen LogP) is 4.02. The molecule has 1 unspecified atom stereocenters. The van der Waals surface area contributed by atoms with Crippen molar-refractivity contribution in [1.82, 2.24) is 0 Å². The van der Waals surface area contributed by atoms with Gasteiger partial charge >= 0.3 is 0 Å². The molecule has 0 saturated carbocycles. The van der Waals surface area contributed by atoms with Crippen molar-refractivity contribution < 1.29 is 9.05 Å². The second-order valence-corrected chi connectivity index (χ2v) is 9.67. The molecule has 0 aliphatic carbocycles. The van der Waals surface area contributed by atoms with E-state index in [4.69, 9.17) is 20.9 Å². The first-order valence-corrected chi connectivity index (χ1v) is 8.68. The van der Waals surface area contributed by atoms with Gasteiger partial charge < -0.3 is 9.05 Å². The van der Waals surface area contributed by atoms with Crippen LogP contribution < -0.4 is 0 Å². The van der Waals surface area contributed by atoms with Crippen LogP contribution in [0.1, 0.15) is 40.5 Å². The molecule has 0 spiro atoms. The molecule has 0 amide bonds. The summed E-state index contributed by atoms with van der Waals surface area (Å²) in [5.41, 5.74) is -1.89. The minimum Gasteiger partial charge on any atom is -0.322 e. The summed E-state index contributed by atoms with van der Waals surface area (Å²) in [6, 6.07) is 0. The van der Waals surface area contributed by atoms with Crippen LogP contribution in [0.3, 0.4) is 0 Å². The van der Waals surface area contributed by atoms with Crippen LogP contribution in [0.15, 0.2) is 0 Å². The Morgan fingerprint density at radius 3 is 2.29 bits per heavy atom. The van der Waals surface area contributed by atoms with Gasteiger partial charge in [0.15, 0.2) is 0 Å². The zero-order valence-corrected chi connectivity index (χ0v) is 12.1. The van der Waals surface area contributed by atoms with E-state index in [1.54, 1.807) is 0 Å². The lowest BCUT2D eigenvalue weighted by atomic mass is 9.91. The Bertz CT molecular complexity index is 201. The van der Waals surface area contributed by atoms with Crippen LogP contribution >= 0.6 is 17.9 Å². The third-order valence-electron chi connectivity index (χ3n) is 1.62. The van der Waals surface area contributed by atoms with E-state index < -0.39 is 5.69 Å². The quantitative estimate of drug-likeness (QED) is 0.440. The first kappa shape index (κ1) is 14.9. The van der Waals surface area contributed by atoms with Crippen LogP contribution in [-0.2, 0) is 20.9 Å². The van der Waals surface area contributed by atoms with Gasteiger partial charge in [-0.3, -0.25) is 0 Å². The molecule has 5 heteroatoms. The molecule has 0 aliphatic rings. The molecule has 0 aromatic carbocycles. The van der Waals surface area contributed by atoms with Crippen LogP contribution in [0, 0.1) is 5.41 Å². The van der Waals surface area contributed by atoms with Gasteiger partial charge in [-0.05, 0) is 37.0 Å². The SMILES string of the molecule is CCOP(=S)(S)OCCCC(C)(C)C. The Morgan fingerprint density at radius 2 is 1.86 bits per heavy atom. The Hall–Kier alpha value is 0.920. The minimum absolute atomic E-state index is 0.355. The zero-order valence-electron chi connectivity index (χ0n) is 9.45. The van der Waals surface area contributed by atoms with Crippen molar-refractivity contribution in [3.63, 3.8) is 0 Å². The van der Waals surface area contributed by atoms with E-state index in [0.29, 0.717) is 18.6 Å². The van der Waals surface area contributed by atoms with Crippen molar-refractivity contribution in [2.45, 2.75) is 40.5 Å². The largest absolute Gasteiger partial charge is 0.322 e. The average Bonchev–Trinajstić information content (AvgIpc) is 1.96. The molecule has 0 saturated heterocycles. The van der Waals surface area contributed by atoms with Gasteiger partial charge in [-0.1, -0.05) is 33.0 Å². The monoisotopic (exact) mass is 256 g/mol. The molecule has 0 rings (SSSR count). The van der Waals surface area contributed by atoms with Gasteiger partial charge in [-0.15, -0.1) is 0 Å². The molecule has 86 valence electrons. The highest BCUT2D eigenvalue weighted by Crippen LogP contribution is 2.53. The van der Waals surface area contributed by atoms with Crippen LogP contribution in [-0.4, -0.2) is 13.2 Å². The van der Waals surface area contributed by atoms with E-state index in [2.05, 4.69) is 33.0 Å². The fourth-order valence-corrected chi connectivity index (χ4v) is 2.87. The van der Waals surface area contributed by atoms with Crippen molar-refractivity contribution in [2.24, 2.45) is 5.41 Å². The number of hydrogen-bond acceptors (Lipinski definition) is 3. The molecular weight excluding hydrogens is 235 g/mol. The fourth-order valence-electron chi connectivity index (χ4n) is 0.983. The highest BCUT2D eigenvalue weighted by molar-refractivity contribution is 8.60. The van der Waals surface area contributed by atoms with Gasteiger partial charge in [0.25, 0.3) is 0 Å². The summed E-state index contributed by atoms with van der Waals surface area (Å²) < 4.78 is 10.7. The van der Waals surface area contributed by atoms with Gasteiger partial charge in [-0.2, -0.15) is 0 Å². The van der Waals surface area contributed by atoms with E-state index in [1.807, 2.05) is 6.92 Å². The Balaban J connectivity index is 3.59. The van der Waals surface area contributed by atoms with E-state index in [9.17, 15) is 0 Å². The maximum atomic E-state index is 5.43. The molecule has 0 heterocycles. The lowest BCUT2D eigenvalue weighted by Crippen LogP contribution is -2.06. The average molecular weight is 256 g/mol. The lowest BCUT2D eigenvalue weighted by molar-refractivity contribution is 0.246. The molecule has 0 bridgehead atoms. The van der Waals surface area contributed by atoms with E-state index in [1.165, 1.54) is 0 Å². The van der Waals surface area contributed by atoms with Crippen molar-refractivity contribution in [3.8, 4) is 0 Å². The molecule has 0 radical (unpaired) electrons. The van der Waals surface area contributed by atoms with Crippen molar-refractivity contribution in [1.29, 1.82) is 0 Å². The number of thiol groups is 1. The summed E-state index contributed by atoms with van der Waals surface area (Å²) in [6.07, 6.45) is 2.14. The molecule has 0 fully saturated rings. The Kier molecular flexibility index (Phi) is 6.92. The van der Waals surface area contributed by atoms with Crippen LogP contribution in [0.4, 0.5) is 0 Å². The van der Waals surface area contributed by atoms with Crippen molar-refractivity contribution in [3.05, 3.63) is 0 Å². The summed E-state index contributed by atoms with van der Waals surface area (Å²) in [6.45, 7) is 9.76. The Labute approximate surface area is 98.1 Å². The summed E-state index contributed by atoms with van der Waals surface area (Å²) in [4.78, 5) is 0. The highest BCUT2D eigenvalue weighted by atomic mass is 32.9. The van der Waals surface area contributed by atoms with Crippen LogP contribution in [0.25, 0.3) is 0 Å². The molecule has 0 aliphatic heterocycles. The molecule has 0 aromatic heterocycles. The standard InChI is InChI=1S/C9H21O2PS2/c1-5-10-12(13,14)11-8-6-7-9(2,3)4/h5-8H2,1-4H3,(H,13,14).